The van der Waals surface area contributed by atoms with Gasteiger partial charge in [-0.05, 0) is 45.0 Å². The monoisotopic (exact) mass is 378 g/mol. The Bertz CT molecular complexity index is 1120. The summed E-state index contributed by atoms with van der Waals surface area (Å²) in [6.07, 6.45) is 0.542. The Balaban J connectivity index is 1.46. The van der Waals surface area contributed by atoms with Gasteiger partial charge in [0.2, 0.25) is 0 Å². The lowest BCUT2D eigenvalue weighted by atomic mass is 10.1. The second kappa shape index (κ2) is 7.34. The summed E-state index contributed by atoms with van der Waals surface area (Å²) in [4.78, 5) is 17.1. The predicted octanol–water partition coefficient (Wildman–Crippen LogP) is 3.77. The number of carbonyl (C=O) groups excluding carboxylic acids is 1. The number of aryl methyl sites for hydroxylation is 3. The molecule has 3 aromatic heterocycles. The zero-order valence-corrected chi connectivity index (χ0v) is 16.2. The van der Waals surface area contributed by atoms with E-state index in [-0.39, 0.29) is 11.7 Å². The summed E-state index contributed by atoms with van der Waals surface area (Å²) in [5, 5.41) is 6.85. The van der Waals surface area contributed by atoms with E-state index >= 15 is 0 Å². The zero-order chi connectivity index (χ0) is 19.7. The van der Waals surface area contributed by atoms with Crippen LogP contribution in [0.3, 0.4) is 0 Å². The highest BCUT2D eigenvalue weighted by Gasteiger charge is 2.16. The Morgan fingerprint density at radius 3 is 2.75 bits per heavy atom. The van der Waals surface area contributed by atoms with Gasteiger partial charge >= 0.3 is 0 Å². The van der Waals surface area contributed by atoms with Crippen molar-refractivity contribution in [3.63, 3.8) is 0 Å². The highest BCUT2D eigenvalue weighted by atomic mass is 16.5. The van der Waals surface area contributed by atoms with Crippen molar-refractivity contribution in [3.8, 4) is 0 Å². The molecule has 3 heterocycles. The van der Waals surface area contributed by atoms with Gasteiger partial charge in [-0.1, -0.05) is 17.3 Å². The number of aromatic nitrogens is 3. The van der Waals surface area contributed by atoms with Crippen molar-refractivity contribution in [1.82, 2.24) is 20.0 Å². The van der Waals surface area contributed by atoms with E-state index in [1.54, 1.807) is 6.07 Å². The van der Waals surface area contributed by atoms with Crippen molar-refractivity contribution in [2.75, 3.05) is 0 Å². The smallest absolute Gasteiger partial charge is 0.287 e. The maximum Gasteiger partial charge on any atom is 0.287 e. The van der Waals surface area contributed by atoms with Gasteiger partial charge < -0.3 is 18.8 Å². The van der Waals surface area contributed by atoms with Crippen LogP contribution in [-0.2, 0) is 19.5 Å². The maximum atomic E-state index is 12.5. The van der Waals surface area contributed by atoms with Gasteiger partial charge in [-0.15, -0.1) is 0 Å². The average molecular weight is 378 g/mol. The van der Waals surface area contributed by atoms with Crippen molar-refractivity contribution < 1.29 is 13.7 Å². The second-order valence-electron chi connectivity index (χ2n) is 6.69. The summed E-state index contributed by atoms with van der Waals surface area (Å²) in [6, 6.07) is 11.4. The maximum absolute atomic E-state index is 12.5. The van der Waals surface area contributed by atoms with E-state index in [0.717, 1.165) is 40.4 Å². The number of hydrogen-bond acceptors (Lipinski definition) is 5. The van der Waals surface area contributed by atoms with Crippen LogP contribution in [0.1, 0.15) is 46.1 Å². The predicted molar refractivity (Wildman–Crippen MR) is 104 cm³/mol. The standard InChI is InChI=1S/C21H22N4O3/c1-4-25-18-8-6-5-7-17(18)23-20(25)12-22-21(26)19-10-9-15(27-19)11-16-13(2)24-28-14(16)3/h5-10H,4,11-12H2,1-3H3,(H,22,26). The molecule has 7 nitrogen and oxygen atoms in total. The van der Waals surface area contributed by atoms with E-state index < -0.39 is 0 Å². The van der Waals surface area contributed by atoms with Crippen molar-refractivity contribution in [3.05, 3.63) is 70.8 Å². The first-order valence-corrected chi connectivity index (χ1v) is 9.29. The number of nitrogens with one attached hydrogen (secondary N) is 1. The van der Waals surface area contributed by atoms with Gasteiger partial charge in [0.15, 0.2) is 5.76 Å². The van der Waals surface area contributed by atoms with E-state index in [2.05, 4.69) is 26.9 Å². The Labute approximate surface area is 162 Å². The summed E-state index contributed by atoms with van der Waals surface area (Å²) in [5.74, 6) is 2.29. The molecule has 0 spiro atoms. The van der Waals surface area contributed by atoms with E-state index in [4.69, 9.17) is 8.94 Å². The molecule has 0 atom stereocenters. The molecule has 0 unspecified atom stereocenters. The SMILES string of the molecule is CCn1c(CNC(=O)c2ccc(Cc3c(C)noc3C)o2)nc2ccccc21. The van der Waals surface area contributed by atoms with Crippen molar-refractivity contribution in [2.24, 2.45) is 0 Å². The third-order valence-electron chi connectivity index (χ3n) is 4.87. The summed E-state index contributed by atoms with van der Waals surface area (Å²) < 4.78 is 13.0. The quantitative estimate of drug-likeness (QED) is 0.552. The summed E-state index contributed by atoms with van der Waals surface area (Å²) >= 11 is 0. The zero-order valence-electron chi connectivity index (χ0n) is 16.2. The summed E-state index contributed by atoms with van der Waals surface area (Å²) in [5.41, 5.74) is 3.80. The normalized spacial score (nSPS) is 11.2. The molecule has 4 rings (SSSR count). The van der Waals surface area contributed by atoms with Crippen LogP contribution in [0.2, 0.25) is 0 Å². The Morgan fingerprint density at radius 2 is 2.00 bits per heavy atom. The fourth-order valence-corrected chi connectivity index (χ4v) is 3.38. The first kappa shape index (κ1) is 18.0. The molecule has 7 heteroatoms. The molecule has 0 saturated heterocycles. The molecular weight excluding hydrogens is 356 g/mol. The molecule has 28 heavy (non-hydrogen) atoms. The van der Waals surface area contributed by atoms with Gasteiger partial charge in [-0.2, -0.15) is 0 Å². The molecule has 0 fully saturated rings. The van der Waals surface area contributed by atoms with Crippen molar-refractivity contribution in [2.45, 2.75) is 40.3 Å². The summed E-state index contributed by atoms with van der Waals surface area (Å²) in [7, 11) is 0. The number of imidazole rings is 1. The molecule has 4 aromatic rings. The fourth-order valence-electron chi connectivity index (χ4n) is 3.38. The molecule has 0 bridgehead atoms. The van der Waals surface area contributed by atoms with Gasteiger partial charge in [-0.3, -0.25) is 4.79 Å². The van der Waals surface area contributed by atoms with E-state index in [9.17, 15) is 4.79 Å². The highest BCUT2D eigenvalue weighted by Crippen LogP contribution is 2.19. The van der Waals surface area contributed by atoms with Crippen LogP contribution in [0.4, 0.5) is 0 Å². The molecule has 0 saturated carbocycles. The van der Waals surface area contributed by atoms with Crippen LogP contribution in [0.5, 0.6) is 0 Å². The number of amides is 1. The van der Waals surface area contributed by atoms with Gasteiger partial charge in [0.1, 0.15) is 17.3 Å². The molecule has 1 aromatic carbocycles. The number of rotatable bonds is 6. The molecule has 0 radical (unpaired) electrons. The van der Waals surface area contributed by atoms with E-state index in [1.807, 2.05) is 44.2 Å². The Morgan fingerprint density at radius 1 is 1.18 bits per heavy atom. The number of benzene rings is 1. The number of fused-ring (bicyclic) bond motifs is 1. The number of furan rings is 1. The van der Waals surface area contributed by atoms with Crippen LogP contribution in [0.15, 0.2) is 45.3 Å². The summed E-state index contributed by atoms with van der Waals surface area (Å²) in [6.45, 7) is 6.94. The van der Waals surface area contributed by atoms with Crippen LogP contribution in [0, 0.1) is 13.8 Å². The van der Waals surface area contributed by atoms with Crippen LogP contribution in [-0.4, -0.2) is 20.6 Å². The first-order valence-electron chi connectivity index (χ1n) is 9.29. The first-order chi connectivity index (χ1) is 13.6. The number of hydrogen-bond donors (Lipinski definition) is 1. The molecule has 0 aliphatic heterocycles. The molecule has 0 aliphatic rings. The minimum absolute atomic E-state index is 0.264. The van der Waals surface area contributed by atoms with Crippen LogP contribution < -0.4 is 5.32 Å². The van der Waals surface area contributed by atoms with Crippen molar-refractivity contribution in [1.29, 1.82) is 0 Å². The minimum atomic E-state index is -0.264. The third-order valence-corrected chi connectivity index (χ3v) is 4.87. The molecule has 1 amide bonds. The molecule has 144 valence electrons. The minimum Gasteiger partial charge on any atom is -0.456 e. The van der Waals surface area contributed by atoms with E-state index in [0.29, 0.717) is 18.7 Å². The topological polar surface area (TPSA) is 86.1 Å². The average Bonchev–Trinajstić information content (AvgIpc) is 3.39. The number of para-hydroxylation sites is 2. The van der Waals surface area contributed by atoms with Crippen molar-refractivity contribution >= 4 is 16.9 Å². The lowest BCUT2D eigenvalue weighted by molar-refractivity contribution is 0.0920. The molecule has 1 N–H and O–H groups in total. The van der Waals surface area contributed by atoms with Crippen LogP contribution >= 0.6 is 0 Å². The van der Waals surface area contributed by atoms with Gasteiger partial charge in [0.25, 0.3) is 5.91 Å². The Hall–Kier alpha value is -3.35. The third kappa shape index (κ3) is 3.31. The second-order valence-corrected chi connectivity index (χ2v) is 6.69. The largest absolute Gasteiger partial charge is 0.456 e. The molecule has 0 aliphatic carbocycles. The molecular formula is C21H22N4O3. The van der Waals surface area contributed by atoms with E-state index in [1.165, 1.54) is 0 Å². The number of nitrogens with zero attached hydrogens (tertiary/aromatic N) is 3. The van der Waals surface area contributed by atoms with Gasteiger partial charge in [-0.25, -0.2) is 4.98 Å². The lowest BCUT2D eigenvalue weighted by Crippen LogP contribution is -2.24. The fraction of sp³-hybridized carbons (Fsp3) is 0.286. The van der Waals surface area contributed by atoms with Gasteiger partial charge in [0, 0.05) is 18.5 Å². The Kier molecular flexibility index (Phi) is 4.73. The highest BCUT2D eigenvalue weighted by molar-refractivity contribution is 5.91. The number of carbonyl (C=O) groups is 1. The van der Waals surface area contributed by atoms with Gasteiger partial charge in [0.05, 0.1) is 23.3 Å². The van der Waals surface area contributed by atoms with Crippen LogP contribution in [0.25, 0.3) is 11.0 Å². The lowest BCUT2D eigenvalue weighted by Gasteiger charge is -2.06.